The number of anilines is 1. The van der Waals surface area contributed by atoms with Gasteiger partial charge in [-0.15, -0.1) is 0 Å². The second-order valence-electron chi connectivity index (χ2n) is 6.05. The Balaban J connectivity index is 1.54. The summed E-state index contributed by atoms with van der Waals surface area (Å²) in [5.41, 5.74) is -0.245. The van der Waals surface area contributed by atoms with E-state index in [-0.39, 0.29) is 16.6 Å². The van der Waals surface area contributed by atoms with Crippen molar-refractivity contribution in [2.75, 3.05) is 11.9 Å². The van der Waals surface area contributed by atoms with Crippen molar-refractivity contribution in [3.63, 3.8) is 0 Å². The number of aromatic nitrogens is 3. The number of thiazole rings is 1. The summed E-state index contributed by atoms with van der Waals surface area (Å²) in [5.74, 6) is -0.843. The van der Waals surface area contributed by atoms with Gasteiger partial charge in [-0.05, 0) is 24.3 Å². The van der Waals surface area contributed by atoms with E-state index in [0.717, 1.165) is 14.9 Å². The number of carbonyl (C=O) groups excluding carboxylic acids is 1. The molecule has 0 unspecified atom stereocenters. The second-order valence-corrected chi connectivity index (χ2v) is 7.49. The zero-order chi connectivity index (χ0) is 21.3. The standard InChI is InChI=1S/C19H12ClF3N4O2S/c20-11-5-1-3-7-13(11)27-17(9-15(26-27)19(21,22)23)29-10-16(28)25-18-24-12-6-2-4-8-14(12)30-18/h1-9H,10H2,(H,24,25,28). The van der Waals surface area contributed by atoms with E-state index in [1.165, 1.54) is 23.5 Å². The van der Waals surface area contributed by atoms with Crippen molar-refractivity contribution in [1.82, 2.24) is 14.8 Å². The highest BCUT2D eigenvalue weighted by Crippen LogP contribution is 2.33. The number of halogens is 4. The molecule has 1 amide bonds. The highest BCUT2D eigenvalue weighted by Gasteiger charge is 2.36. The fraction of sp³-hybridized carbons (Fsp3) is 0.105. The summed E-state index contributed by atoms with van der Waals surface area (Å²) in [6.45, 7) is -0.538. The van der Waals surface area contributed by atoms with E-state index in [1.807, 2.05) is 18.2 Å². The number of ether oxygens (including phenoxy) is 1. The number of fused-ring (bicyclic) bond motifs is 1. The van der Waals surface area contributed by atoms with Crippen molar-refractivity contribution < 1.29 is 22.7 Å². The SMILES string of the molecule is O=C(COc1cc(C(F)(F)F)nn1-c1ccccc1Cl)Nc1nc2ccccc2s1. The molecule has 0 saturated carbocycles. The van der Waals surface area contributed by atoms with E-state index in [2.05, 4.69) is 15.4 Å². The van der Waals surface area contributed by atoms with E-state index in [4.69, 9.17) is 16.3 Å². The van der Waals surface area contributed by atoms with Gasteiger partial charge in [-0.2, -0.15) is 23.0 Å². The molecule has 0 bridgehead atoms. The number of hydrogen-bond donors (Lipinski definition) is 1. The number of para-hydroxylation sites is 2. The summed E-state index contributed by atoms with van der Waals surface area (Å²) in [5, 5.41) is 6.66. The molecule has 0 aliphatic heterocycles. The first-order chi connectivity index (χ1) is 14.3. The van der Waals surface area contributed by atoms with Gasteiger partial charge in [0.15, 0.2) is 17.4 Å². The van der Waals surface area contributed by atoms with Crippen LogP contribution in [0.5, 0.6) is 5.88 Å². The first kappa shape index (κ1) is 20.2. The maximum absolute atomic E-state index is 13.1. The van der Waals surface area contributed by atoms with Gasteiger partial charge < -0.3 is 4.74 Å². The van der Waals surface area contributed by atoms with Crippen LogP contribution in [0, 0.1) is 0 Å². The van der Waals surface area contributed by atoms with Crippen LogP contribution in [-0.2, 0) is 11.0 Å². The van der Waals surface area contributed by atoms with Crippen molar-refractivity contribution >= 4 is 44.2 Å². The maximum atomic E-state index is 13.1. The average Bonchev–Trinajstić information content (AvgIpc) is 3.30. The van der Waals surface area contributed by atoms with Crippen LogP contribution >= 0.6 is 22.9 Å². The number of nitrogens with one attached hydrogen (secondary N) is 1. The third kappa shape index (κ3) is 4.24. The number of alkyl halides is 3. The van der Waals surface area contributed by atoms with Crippen molar-refractivity contribution in [2.24, 2.45) is 0 Å². The second kappa shape index (κ2) is 7.96. The lowest BCUT2D eigenvalue weighted by Gasteiger charge is -2.10. The smallest absolute Gasteiger partial charge is 0.435 e. The molecule has 4 rings (SSSR count). The number of carbonyl (C=O) groups is 1. The van der Waals surface area contributed by atoms with Crippen LogP contribution in [-0.4, -0.2) is 27.3 Å². The minimum absolute atomic E-state index is 0.179. The molecule has 0 aliphatic carbocycles. The predicted octanol–water partition coefficient (Wildman–Crippen LogP) is 5.17. The third-order valence-corrected chi connectivity index (χ3v) is 5.21. The van der Waals surface area contributed by atoms with Crippen LogP contribution in [0.2, 0.25) is 5.02 Å². The zero-order valence-corrected chi connectivity index (χ0v) is 16.6. The molecule has 1 N–H and O–H groups in total. The maximum Gasteiger partial charge on any atom is 0.435 e. The number of rotatable bonds is 5. The fourth-order valence-electron chi connectivity index (χ4n) is 2.62. The molecule has 2 aromatic carbocycles. The molecule has 2 heterocycles. The molecule has 11 heteroatoms. The number of amides is 1. The molecule has 0 fully saturated rings. The molecule has 0 saturated heterocycles. The summed E-state index contributed by atoms with van der Waals surface area (Å²) >= 11 is 7.35. The lowest BCUT2D eigenvalue weighted by Crippen LogP contribution is -2.21. The minimum atomic E-state index is -4.69. The summed E-state index contributed by atoms with van der Waals surface area (Å²) in [4.78, 5) is 16.5. The Morgan fingerprint density at radius 1 is 1.17 bits per heavy atom. The quantitative estimate of drug-likeness (QED) is 0.453. The van der Waals surface area contributed by atoms with Gasteiger partial charge >= 0.3 is 6.18 Å². The van der Waals surface area contributed by atoms with E-state index in [9.17, 15) is 18.0 Å². The summed E-state index contributed by atoms with van der Waals surface area (Å²) < 4.78 is 46.5. The van der Waals surface area contributed by atoms with Gasteiger partial charge in [-0.25, -0.2) is 4.98 Å². The van der Waals surface area contributed by atoms with Crippen LogP contribution in [0.15, 0.2) is 54.6 Å². The average molecular weight is 453 g/mol. The first-order valence-electron chi connectivity index (χ1n) is 8.51. The molecule has 0 spiro atoms. The van der Waals surface area contributed by atoms with E-state index in [0.29, 0.717) is 11.2 Å². The normalized spacial score (nSPS) is 11.6. The van der Waals surface area contributed by atoms with E-state index in [1.54, 1.807) is 18.2 Å². The molecular weight excluding hydrogens is 441 g/mol. The van der Waals surface area contributed by atoms with E-state index < -0.39 is 24.4 Å². The molecule has 0 aliphatic rings. The van der Waals surface area contributed by atoms with Gasteiger partial charge in [0.05, 0.1) is 20.9 Å². The number of hydrogen-bond acceptors (Lipinski definition) is 5. The highest BCUT2D eigenvalue weighted by molar-refractivity contribution is 7.22. The van der Waals surface area contributed by atoms with Gasteiger partial charge in [0, 0.05) is 6.07 Å². The van der Waals surface area contributed by atoms with Crippen molar-refractivity contribution in [3.05, 3.63) is 65.3 Å². The number of benzene rings is 2. The van der Waals surface area contributed by atoms with Gasteiger partial charge in [0.1, 0.15) is 0 Å². The van der Waals surface area contributed by atoms with Crippen LogP contribution in [0.4, 0.5) is 18.3 Å². The minimum Gasteiger partial charge on any atom is -0.467 e. The Kier molecular flexibility index (Phi) is 5.35. The molecule has 0 radical (unpaired) electrons. The Bertz CT molecular complexity index is 1190. The van der Waals surface area contributed by atoms with Gasteiger partial charge in [-0.1, -0.05) is 47.2 Å². The Labute approximate surface area is 176 Å². The van der Waals surface area contributed by atoms with Crippen LogP contribution in [0.3, 0.4) is 0 Å². The van der Waals surface area contributed by atoms with Gasteiger partial charge in [0.2, 0.25) is 5.88 Å². The molecule has 4 aromatic rings. The van der Waals surface area contributed by atoms with Gasteiger partial charge in [-0.3, -0.25) is 10.1 Å². The van der Waals surface area contributed by atoms with Crippen molar-refractivity contribution in [1.29, 1.82) is 0 Å². The molecule has 30 heavy (non-hydrogen) atoms. The van der Waals surface area contributed by atoms with E-state index >= 15 is 0 Å². The summed E-state index contributed by atoms with van der Waals surface area (Å²) in [7, 11) is 0. The Morgan fingerprint density at radius 2 is 1.90 bits per heavy atom. The number of nitrogens with zero attached hydrogens (tertiary/aromatic N) is 3. The Morgan fingerprint density at radius 3 is 2.63 bits per heavy atom. The first-order valence-corrected chi connectivity index (χ1v) is 9.71. The predicted molar refractivity (Wildman–Crippen MR) is 107 cm³/mol. The highest BCUT2D eigenvalue weighted by atomic mass is 35.5. The monoisotopic (exact) mass is 452 g/mol. The molecule has 154 valence electrons. The summed E-state index contributed by atoms with van der Waals surface area (Å²) in [6, 6.07) is 14.3. The molecule has 0 atom stereocenters. The molecule has 2 aromatic heterocycles. The topological polar surface area (TPSA) is 69.0 Å². The van der Waals surface area contributed by atoms with Crippen LogP contribution in [0.25, 0.3) is 15.9 Å². The Hall–Kier alpha value is -3.11. The fourth-order valence-corrected chi connectivity index (χ4v) is 3.72. The summed E-state index contributed by atoms with van der Waals surface area (Å²) in [6.07, 6.45) is -4.69. The lowest BCUT2D eigenvalue weighted by molar-refractivity contribution is -0.141. The lowest BCUT2D eigenvalue weighted by atomic mass is 10.3. The third-order valence-electron chi connectivity index (χ3n) is 3.94. The van der Waals surface area contributed by atoms with Crippen LogP contribution in [0.1, 0.15) is 5.69 Å². The van der Waals surface area contributed by atoms with Crippen molar-refractivity contribution in [2.45, 2.75) is 6.18 Å². The largest absolute Gasteiger partial charge is 0.467 e. The van der Waals surface area contributed by atoms with Crippen LogP contribution < -0.4 is 10.1 Å². The van der Waals surface area contributed by atoms with Crippen molar-refractivity contribution in [3.8, 4) is 11.6 Å². The molecule has 6 nitrogen and oxygen atoms in total. The van der Waals surface area contributed by atoms with Gasteiger partial charge in [0.25, 0.3) is 5.91 Å². The molecular formula is C19H12ClF3N4O2S. The zero-order valence-electron chi connectivity index (χ0n) is 15.0.